The van der Waals surface area contributed by atoms with Crippen molar-refractivity contribution < 1.29 is 9.47 Å². The molecule has 18 heavy (non-hydrogen) atoms. The van der Waals surface area contributed by atoms with E-state index >= 15 is 0 Å². The van der Waals surface area contributed by atoms with E-state index in [0.717, 1.165) is 6.42 Å². The Morgan fingerprint density at radius 2 is 2.17 bits per heavy atom. The van der Waals surface area contributed by atoms with Crippen molar-refractivity contribution in [2.45, 2.75) is 42.3 Å². The summed E-state index contributed by atoms with van der Waals surface area (Å²) in [6.45, 7) is 8.51. The van der Waals surface area contributed by atoms with Crippen LogP contribution in [0.1, 0.15) is 20.3 Å². The summed E-state index contributed by atoms with van der Waals surface area (Å²) in [4.78, 5) is 1.26. The van der Waals surface area contributed by atoms with Gasteiger partial charge >= 0.3 is 0 Å². The van der Waals surface area contributed by atoms with Gasteiger partial charge in [-0.15, -0.1) is 18.3 Å². The number of thioether (sulfide) groups is 1. The highest BCUT2D eigenvalue weighted by molar-refractivity contribution is 8.00. The van der Waals surface area contributed by atoms with Gasteiger partial charge in [0.15, 0.2) is 5.79 Å². The van der Waals surface area contributed by atoms with Gasteiger partial charge in [-0.3, -0.25) is 0 Å². The average Bonchev–Trinajstić information content (AvgIpc) is 2.69. The number of rotatable bonds is 5. The second-order valence-electron chi connectivity index (χ2n) is 4.89. The largest absolute Gasteiger partial charge is 0.348 e. The second kappa shape index (κ2) is 5.91. The highest BCUT2D eigenvalue weighted by atomic mass is 32.2. The number of benzene rings is 1. The molecule has 2 unspecified atom stereocenters. The molecule has 3 heteroatoms. The third-order valence-electron chi connectivity index (χ3n) is 2.86. The highest BCUT2D eigenvalue weighted by Crippen LogP contribution is 2.31. The van der Waals surface area contributed by atoms with E-state index in [1.54, 1.807) is 0 Å². The van der Waals surface area contributed by atoms with Crippen LogP contribution in [0.4, 0.5) is 0 Å². The van der Waals surface area contributed by atoms with Gasteiger partial charge in [-0.1, -0.05) is 24.3 Å². The SMILES string of the molecule is C=CC(CC1COC(C)(C)O1)Sc1ccccc1. The molecule has 1 aliphatic rings. The minimum absolute atomic E-state index is 0.166. The molecule has 1 heterocycles. The summed E-state index contributed by atoms with van der Waals surface area (Å²) in [7, 11) is 0. The summed E-state index contributed by atoms with van der Waals surface area (Å²) in [5.74, 6) is -0.437. The lowest BCUT2D eigenvalue weighted by atomic mass is 10.2. The Labute approximate surface area is 113 Å². The molecule has 2 rings (SSSR count). The molecule has 2 nitrogen and oxygen atoms in total. The van der Waals surface area contributed by atoms with Crippen LogP contribution in [0, 0.1) is 0 Å². The van der Waals surface area contributed by atoms with Crippen molar-refractivity contribution in [1.29, 1.82) is 0 Å². The van der Waals surface area contributed by atoms with Gasteiger partial charge in [0.1, 0.15) is 0 Å². The normalized spacial score (nSPS) is 23.8. The maximum Gasteiger partial charge on any atom is 0.163 e. The molecule has 0 bridgehead atoms. The minimum atomic E-state index is -0.437. The molecule has 0 radical (unpaired) electrons. The molecule has 1 fully saturated rings. The summed E-state index contributed by atoms with van der Waals surface area (Å²) in [5, 5.41) is 0.356. The molecule has 0 saturated carbocycles. The standard InChI is InChI=1S/C15H20O2S/c1-4-13(18-14-8-6-5-7-9-14)10-12-11-16-15(2,3)17-12/h4-9,12-13H,1,10-11H2,2-3H3. The first kappa shape index (κ1) is 13.7. The minimum Gasteiger partial charge on any atom is -0.348 e. The Kier molecular flexibility index (Phi) is 4.49. The lowest BCUT2D eigenvalue weighted by Gasteiger charge is -2.19. The number of hydrogen-bond donors (Lipinski definition) is 0. The van der Waals surface area contributed by atoms with Crippen molar-refractivity contribution in [3.8, 4) is 0 Å². The summed E-state index contributed by atoms with van der Waals surface area (Å²) < 4.78 is 11.4. The Hall–Kier alpha value is -0.770. The highest BCUT2D eigenvalue weighted by Gasteiger charge is 2.33. The van der Waals surface area contributed by atoms with Gasteiger partial charge in [0.05, 0.1) is 12.7 Å². The molecule has 0 spiro atoms. The van der Waals surface area contributed by atoms with Gasteiger partial charge in [-0.2, -0.15) is 0 Å². The maximum absolute atomic E-state index is 5.84. The van der Waals surface area contributed by atoms with Crippen LogP contribution in [0.25, 0.3) is 0 Å². The van der Waals surface area contributed by atoms with E-state index in [4.69, 9.17) is 9.47 Å². The molecule has 1 aliphatic heterocycles. The predicted octanol–water partition coefficient (Wildman–Crippen LogP) is 3.87. The Balaban J connectivity index is 1.89. The van der Waals surface area contributed by atoms with Crippen LogP contribution < -0.4 is 0 Å². The van der Waals surface area contributed by atoms with E-state index < -0.39 is 5.79 Å². The first-order valence-electron chi connectivity index (χ1n) is 6.25. The van der Waals surface area contributed by atoms with Crippen LogP contribution in [0.15, 0.2) is 47.9 Å². The molecule has 0 N–H and O–H groups in total. The maximum atomic E-state index is 5.84. The van der Waals surface area contributed by atoms with E-state index in [9.17, 15) is 0 Å². The van der Waals surface area contributed by atoms with Crippen LogP contribution in [-0.2, 0) is 9.47 Å². The summed E-state index contributed by atoms with van der Waals surface area (Å²) in [6, 6.07) is 10.4. The summed E-state index contributed by atoms with van der Waals surface area (Å²) in [5.41, 5.74) is 0. The van der Waals surface area contributed by atoms with E-state index in [2.05, 4.69) is 30.8 Å². The van der Waals surface area contributed by atoms with Gasteiger partial charge < -0.3 is 9.47 Å². The smallest absolute Gasteiger partial charge is 0.163 e. The Bertz CT molecular complexity index is 389. The van der Waals surface area contributed by atoms with Crippen molar-refractivity contribution in [2.24, 2.45) is 0 Å². The van der Waals surface area contributed by atoms with E-state index in [0.29, 0.717) is 11.9 Å². The molecule has 98 valence electrons. The van der Waals surface area contributed by atoms with E-state index in [1.807, 2.05) is 37.8 Å². The van der Waals surface area contributed by atoms with Gasteiger partial charge in [0.25, 0.3) is 0 Å². The third-order valence-corrected chi connectivity index (χ3v) is 4.09. The van der Waals surface area contributed by atoms with Crippen molar-refractivity contribution in [3.63, 3.8) is 0 Å². The Morgan fingerprint density at radius 1 is 1.44 bits per heavy atom. The zero-order valence-electron chi connectivity index (χ0n) is 11.0. The predicted molar refractivity (Wildman–Crippen MR) is 75.8 cm³/mol. The lowest BCUT2D eigenvalue weighted by Crippen LogP contribution is -2.23. The quantitative estimate of drug-likeness (QED) is 0.594. The van der Waals surface area contributed by atoms with Crippen LogP contribution in [0.3, 0.4) is 0 Å². The fourth-order valence-corrected chi connectivity index (χ4v) is 3.08. The fraction of sp³-hybridized carbons (Fsp3) is 0.467. The van der Waals surface area contributed by atoms with Crippen LogP contribution in [-0.4, -0.2) is 23.7 Å². The first-order valence-corrected chi connectivity index (χ1v) is 7.13. The average molecular weight is 264 g/mol. The van der Waals surface area contributed by atoms with Crippen LogP contribution >= 0.6 is 11.8 Å². The van der Waals surface area contributed by atoms with E-state index in [-0.39, 0.29) is 6.10 Å². The van der Waals surface area contributed by atoms with Crippen LogP contribution in [0.2, 0.25) is 0 Å². The zero-order valence-corrected chi connectivity index (χ0v) is 11.8. The number of ether oxygens (including phenoxy) is 2. The molecule has 2 atom stereocenters. The molecule has 0 amide bonds. The van der Waals surface area contributed by atoms with Crippen molar-refractivity contribution >= 4 is 11.8 Å². The second-order valence-corrected chi connectivity index (χ2v) is 6.20. The monoisotopic (exact) mass is 264 g/mol. The molecule has 1 saturated heterocycles. The summed E-state index contributed by atoms with van der Waals surface area (Å²) >= 11 is 1.82. The zero-order chi connectivity index (χ0) is 13.0. The fourth-order valence-electron chi connectivity index (χ4n) is 2.00. The first-order chi connectivity index (χ1) is 8.59. The molecule has 1 aromatic carbocycles. The molecule has 1 aromatic rings. The molecular formula is C15H20O2S. The molecular weight excluding hydrogens is 244 g/mol. The topological polar surface area (TPSA) is 18.5 Å². The molecule has 0 aromatic heterocycles. The van der Waals surface area contributed by atoms with Crippen molar-refractivity contribution in [2.75, 3.05) is 6.61 Å². The van der Waals surface area contributed by atoms with Crippen molar-refractivity contribution in [3.05, 3.63) is 43.0 Å². The van der Waals surface area contributed by atoms with Gasteiger partial charge in [-0.05, 0) is 32.4 Å². The third kappa shape index (κ3) is 3.87. The lowest BCUT2D eigenvalue weighted by molar-refractivity contribution is -0.138. The van der Waals surface area contributed by atoms with Crippen LogP contribution in [0.5, 0.6) is 0 Å². The van der Waals surface area contributed by atoms with Crippen molar-refractivity contribution in [1.82, 2.24) is 0 Å². The molecule has 0 aliphatic carbocycles. The van der Waals surface area contributed by atoms with Gasteiger partial charge in [0.2, 0.25) is 0 Å². The number of hydrogen-bond acceptors (Lipinski definition) is 3. The Morgan fingerprint density at radius 3 is 2.72 bits per heavy atom. The van der Waals surface area contributed by atoms with E-state index in [1.165, 1.54) is 4.90 Å². The summed E-state index contributed by atoms with van der Waals surface area (Å²) in [6.07, 6.45) is 3.10. The van der Waals surface area contributed by atoms with Gasteiger partial charge in [0, 0.05) is 10.1 Å². The van der Waals surface area contributed by atoms with Gasteiger partial charge in [-0.25, -0.2) is 0 Å².